The van der Waals surface area contributed by atoms with Gasteiger partial charge in [-0.1, -0.05) is 53.6 Å². The first-order valence-corrected chi connectivity index (χ1v) is 13.2. The maximum atomic E-state index is 12.7. The van der Waals surface area contributed by atoms with E-state index in [0.717, 1.165) is 11.1 Å². The van der Waals surface area contributed by atoms with Gasteiger partial charge in [-0.15, -0.1) is 0 Å². The fraction of sp³-hybridized carbons (Fsp3) is 0.0714. The molecule has 2 N–H and O–H groups in total. The maximum absolute atomic E-state index is 12.7. The number of rotatable bonds is 9. The Morgan fingerprint density at radius 1 is 0.919 bits per heavy atom. The Hall–Kier alpha value is -4.14. The number of hydrogen-bond acceptors (Lipinski definition) is 5. The lowest BCUT2D eigenvalue weighted by Gasteiger charge is -2.11. The summed E-state index contributed by atoms with van der Waals surface area (Å²) < 4.78 is 33.7. The lowest BCUT2D eigenvalue weighted by molar-refractivity contribution is 0.0956. The van der Waals surface area contributed by atoms with Gasteiger partial charge in [-0.25, -0.2) is 13.8 Å². The van der Waals surface area contributed by atoms with Crippen LogP contribution in [0.5, 0.6) is 5.75 Å². The van der Waals surface area contributed by atoms with Crippen LogP contribution in [0.3, 0.4) is 0 Å². The van der Waals surface area contributed by atoms with Crippen LogP contribution in [0, 0.1) is 6.92 Å². The van der Waals surface area contributed by atoms with Crippen molar-refractivity contribution in [1.29, 1.82) is 0 Å². The van der Waals surface area contributed by atoms with Crippen LogP contribution in [0.4, 0.5) is 5.69 Å². The van der Waals surface area contributed by atoms with Crippen molar-refractivity contribution in [3.05, 3.63) is 124 Å². The number of halogens is 1. The van der Waals surface area contributed by atoms with E-state index in [2.05, 4.69) is 15.2 Å². The molecule has 0 aliphatic rings. The molecule has 9 heteroatoms. The van der Waals surface area contributed by atoms with Gasteiger partial charge in [-0.2, -0.15) is 5.10 Å². The molecule has 0 spiro atoms. The molecular weight excluding hydrogens is 510 g/mol. The van der Waals surface area contributed by atoms with Gasteiger partial charge in [0.05, 0.1) is 22.4 Å². The Labute approximate surface area is 220 Å². The molecule has 0 saturated heterocycles. The van der Waals surface area contributed by atoms with Gasteiger partial charge in [-0.3, -0.25) is 9.52 Å². The van der Waals surface area contributed by atoms with Gasteiger partial charge in [0.2, 0.25) is 0 Å². The first kappa shape index (κ1) is 25.9. The first-order chi connectivity index (χ1) is 17.8. The molecule has 0 fully saturated rings. The van der Waals surface area contributed by atoms with E-state index in [1.807, 2.05) is 55.5 Å². The third-order valence-corrected chi connectivity index (χ3v) is 6.96. The maximum Gasteiger partial charge on any atom is 0.273 e. The van der Waals surface area contributed by atoms with E-state index in [4.69, 9.17) is 16.3 Å². The number of carbonyl (C=O) groups excluding carboxylic acids is 1. The highest BCUT2D eigenvalue weighted by Crippen LogP contribution is 2.21. The van der Waals surface area contributed by atoms with Crippen LogP contribution in [0.1, 0.15) is 27.0 Å². The molecule has 0 heterocycles. The zero-order valence-electron chi connectivity index (χ0n) is 19.9. The van der Waals surface area contributed by atoms with Gasteiger partial charge < -0.3 is 4.74 Å². The number of nitrogens with zero attached hydrogens (tertiary/aromatic N) is 1. The van der Waals surface area contributed by atoms with Gasteiger partial charge in [0.1, 0.15) is 12.4 Å². The van der Waals surface area contributed by atoms with Crippen molar-refractivity contribution >= 4 is 39.4 Å². The topological polar surface area (TPSA) is 96.9 Å². The van der Waals surface area contributed by atoms with Crippen molar-refractivity contribution in [2.75, 3.05) is 4.72 Å². The molecule has 4 aromatic carbocycles. The zero-order chi connectivity index (χ0) is 26.3. The van der Waals surface area contributed by atoms with Crippen LogP contribution < -0.4 is 14.9 Å². The molecule has 1 amide bonds. The highest BCUT2D eigenvalue weighted by Gasteiger charge is 2.18. The molecule has 37 heavy (non-hydrogen) atoms. The Kier molecular flexibility index (Phi) is 8.22. The standard InChI is InChI=1S/C28H24ClN3O4S/c1-20-6-8-22(9-7-20)19-36-24-14-10-21(11-15-24)18-30-31-28(33)26-4-2-3-5-27(26)32-37(34,35)25-16-12-23(29)13-17-25/h2-18,32H,19H2,1H3,(H,31,33)/b30-18+. The van der Waals surface area contributed by atoms with Crippen LogP contribution in [0.2, 0.25) is 5.02 Å². The van der Waals surface area contributed by atoms with Crippen LogP contribution in [0.25, 0.3) is 0 Å². The highest BCUT2D eigenvalue weighted by atomic mass is 35.5. The van der Waals surface area contributed by atoms with E-state index in [0.29, 0.717) is 17.4 Å². The minimum atomic E-state index is -3.92. The number of hydrazone groups is 1. The van der Waals surface area contributed by atoms with Crippen molar-refractivity contribution in [2.24, 2.45) is 5.10 Å². The van der Waals surface area contributed by atoms with Crippen LogP contribution >= 0.6 is 11.6 Å². The van der Waals surface area contributed by atoms with E-state index in [9.17, 15) is 13.2 Å². The molecule has 0 aliphatic heterocycles. The summed E-state index contributed by atoms with van der Waals surface area (Å²) in [5.74, 6) is 0.146. The number of hydrogen-bond donors (Lipinski definition) is 2. The fourth-order valence-electron chi connectivity index (χ4n) is 3.31. The first-order valence-electron chi connectivity index (χ1n) is 11.3. The van der Waals surface area contributed by atoms with Crippen molar-refractivity contribution in [3.63, 3.8) is 0 Å². The van der Waals surface area contributed by atoms with Crippen molar-refractivity contribution in [3.8, 4) is 5.75 Å². The fourth-order valence-corrected chi connectivity index (χ4v) is 4.52. The Morgan fingerprint density at radius 2 is 1.59 bits per heavy atom. The van der Waals surface area contributed by atoms with E-state index in [1.165, 1.54) is 48.2 Å². The molecule has 0 unspecified atom stereocenters. The monoisotopic (exact) mass is 533 g/mol. The smallest absolute Gasteiger partial charge is 0.273 e. The second-order valence-electron chi connectivity index (χ2n) is 8.15. The number of anilines is 1. The van der Waals surface area contributed by atoms with E-state index >= 15 is 0 Å². The van der Waals surface area contributed by atoms with Gasteiger partial charge in [-0.05, 0) is 78.7 Å². The molecule has 0 bridgehead atoms. The van der Waals surface area contributed by atoms with Crippen LogP contribution in [-0.2, 0) is 16.6 Å². The molecule has 0 radical (unpaired) electrons. The molecule has 4 aromatic rings. The summed E-state index contributed by atoms with van der Waals surface area (Å²) in [6.45, 7) is 2.50. The second kappa shape index (κ2) is 11.7. The summed E-state index contributed by atoms with van der Waals surface area (Å²) >= 11 is 5.84. The highest BCUT2D eigenvalue weighted by molar-refractivity contribution is 7.92. The SMILES string of the molecule is Cc1ccc(COc2ccc(/C=N/NC(=O)c3ccccc3NS(=O)(=O)c3ccc(Cl)cc3)cc2)cc1. The number of carbonyl (C=O) groups is 1. The molecular formula is C28H24ClN3O4S. The Morgan fingerprint density at radius 3 is 2.30 bits per heavy atom. The summed E-state index contributed by atoms with van der Waals surface area (Å²) in [6.07, 6.45) is 1.49. The van der Waals surface area contributed by atoms with Crippen LogP contribution in [-0.4, -0.2) is 20.5 Å². The Bertz CT molecular complexity index is 1500. The molecule has 0 atom stereocenters. The summed E-state index contributed by atoms with van der Waals surface area (Å²) in [6, 6.07) is 27.4. The number of aryl methyl sites for hydroxylation is 1. The minimum Gasteiger partial charge on any atom is -0.489 e. The number of benzene rings is 4. The number of sulfonamides is 1. The van der Waals surface area contributed by atoms with E-state index < -0.39 is 15.9 Å². The van der Waals surface area contributed by atoms with Crippen LogP contribution in [0.15, 0.2) is 107 Å². The third-order valence-electron chi connectivity index (χ3n) is 5.33. The third kappa shape index (κ3) is 7.19. The number of ether oxygens (including phenoxy) is 1. The average molecular weight is 534 g/mol. The number of para-hydroxylation sites is 1. The lowest BCUT2D eigenvalue weighted by atomic mass is 10.2. The minimum absolute atomic E-state index is 0.0245. The number of amides is 1. The van der Waals surface area contributed by atoms with E-state index in [1.54, 1.807) is 12.1 Å². The van der Waals surface area contributed by atoms with Gasteiger partial charge in [0.15, 0.2) is 0 Å². The molecule has 7 nitrogen and oxygen atoms in total. The predicted octanol–water partition coefficient (Wildman–Crippen LogP) is 5.79. The quantitative estimate of drug-likeness (QED) is 0.210. The van der Waals surface area contributed by atoms with Crippen molar-refractivity contribution in [1.82, 2.24) is 5.43 Å². The summed E-state index contributed by atoms with van der Waals surface area (Å²) in [4.78, 5) is 12.7. The summed E-state index contributed by atoms with van der Waals surface area (Å²) in [5, 5.41) is 4.42. The largest absolute Gasteiger partial charge is 0.489 e. The lowest BCUT2D eigenvalue weighted by Crippen LogP contribution is -2.21. The molecule has 4 rings (SSSR count). The molecule has 0 aliphatic carbocycles. The molecule has 188 valence electrons. The van der Waals surface area contributed by atoms with E-state index in [-0.39, 0.29) is 16.1 Å². The second-order valence-corrected chi connectivity index (χ2v) is 10.3. The number of nitrogens with one attached hydrogen (secondary N) is 2. The van der Waals surface area contributed by atoms with Gasteiger partial charge in [0.25, 0.3) is 15.9 Å². The van der Waals surface area contributed by atoms with Gasteiger partial charge >= 0.3 is 0 Å². The van der Waals surface area contributed by atoms with Gasteiger partial charge in [0, 0.05) is 5.02 Å². The summed E-state index contributed by atoms with van der Waals surface area (Å²) in [5.41, 5.74) is 5.71. The van der Waals surface area contributed by atoms with Crippen molar-refractivity contribution < 1.29 is 17.9 Å². The average Bonchev–Trinajstić information content (AvgIpc) is 2.89. The van der Waals surface area contributed by atoms with Crippen molar-refractivity contribution in [2.45, 2.75) is 18.4 Å². The summed E-state index contributed by atoms with van der Waals surface area (Å²) in [7, 11) is -3.92. The molecule has 0 saturated carbocycles. The normalized spacial score (nSPS) is 11.3. The predicted molar refractivity (Wildman–Crippen MR) is 146 cm³/mol. The Balaban J connectivity index is 1.36. The molecule has 0 aromatic heterocycles. The zero-order valence-corrected chi connectivity index (χ0v) is 21.5.